The number of aromatic nitrogens is 1. The molecule has 0 saturated carbocycles. The molecule has 1 amide bonds. The molecular formula is C11H19N3O4S2. The molecule has 7 nitrogen and oxygen atoms in total. The number of aliphatic hydroxyl groups is 1. The Kier molecular flexibility index (Phi) is 5.90. The fraction of sp³-hybridized carbons (Fsp3) is 0.636. The molecule has 0 fully saturated rings. The Labute approximate surface area is 122 Å². The van der Waals surface area contributed by atoms with E-state index in [4.69, 9.17) is 5.11 Å². The molecule has 1 rings (SSSR count). The van der Waals surface area contributed by atoms with Crippen LogP contribution in [-0.2, 0) is 21.2 Å². The van der Waals surface area contributed by atoms with Crippen molar-refractivity contribution in [2.45, 2.75) is 26.3 Å². The number of thiazole rings is 1. The number of nitrogens with one attached hydrogen (secondary N) is 2. The lowest BCUT2D eigenvalue weighted by Crippen LogP contribution is -2.41. The highest BCUT2D eigenvalue weighted by Gasteiger charge is 2.16. The highest BCUT2D eigenvalue weighted by Crippen LogP contribution is 2.16. The number of carbonyl (C=O) groups excluding carboxylic acids is 1. The van der Waals surface area contributed by atoms with E-state index in [-0.39, 0.29) is 36.0 Å². The smallest absolute Gasteiger partial charge is 0.231 e. The van der Waals surface area contributed by atoms with Crippen molar-refractivity contribution in [3.8, 4) is 0 Å². The zero-order valence-corrected chi connectivity index (χ0v) is 13.2. The van der Waals surface area contributed by atoms with Crippen LogP contribution in [0.1, 0.15) is 19.5 Å². The third-order valence-electron chi connectivity index (χ3n) is 2.51. The van der Waals surface area contributed by atoms with Gasteiger partial charge in [-0.1, -0.05) is 13.8 Å². The van der Waals surface area contributed by atoms with Crippen LogP contribution in [0.25, 0.3) is 0 Å². The molecule has 0 saturated heterocycles. The largest absolute Gasteiger partial charge is 0.394 e. The number of rotatable bonds is 7. The number of anilines is 1. The van der Waals surface area contributed by atoms with Gasteiger partial charge in [0.15, 0.2) is 5.13 Å². The normalized spacial score (nSPS) is 13.2. The van der Waals surface area contributed by atoms with E-state index in [2.05, 4.69) is 15.0 Å². The van der Waals surface area contributed by atoms with Gasteiger partial charge >= 0.3 is 0 Å². The summed E-state index contributed by atoms with van der Waals surface area (Å²) < 4.78 is 24.3. The molecular weight excluding hydrogens is 302 g/mol. The average molecular weight is 321 g/mol. The number of aliphatic hydroxyl groups excluding tert-OH is 1. The van der Waals surface area contributed by atoms with Crippen LogP contribution < -0.4 is 10.0 Å². The molecule has 0 aromatic carbocycles. The SMILES string of the molecule is CC(C)[C@@H](CO)NC(=O)Cc1csc(NS(C)(=O)=O)n1. The maximum Gasteiger partial charge on any atom is 0.231 e. The molecule has 1 aromatic heterocycles. The average Bonchev–Trinajstić information content (AvgIpc) is 2.70. The fourth-order valence-electron chi connectivity index (χ4n) is 1.44. The molecule has 0 aliphatic rings. The van der Waals surface area contributed by atoms with Crippen molar-refractivity contribution in [2.24, 2.45) is 5.92 Å². The van der Waals surface area contributed by atoms with E-state index in [1.54, 1.807) is 5.38 Å². The summed E-state index contributed by atoms with van der Waals surface area (Å²) in [6, 6.07) is -0.297. The predicted octanol–water partition coefficient (Wildman–Crippen LogP) is 0.190. The summed E-state index contributed by atoms with van der Waals surface area (Å²) in [4.78, 5) is 15.8. The van der Waals surface area contributed by atoms with E-state index in [9.17, 15) is 13.2 Å². The Bertz CT molecular complexity index is 554. The summed E-state index contributed by atoms with van der Waals surface area (Å²) in [5.41, 5.74) is 0.485. The van der Waals surface area contributed by atoms with Crippen molar-refractivity contribution < 1.29 is 18.3 Å². The van der Waals surface area contributed by atoms with E-state index < -0.39 is 10.0 Å². The topological polar surface area (TPSA) is 108 Å². The molecule has 114 valence electrons. The first-order valence-corrected chi connectivity index (χ1v) is 8.80. The Morgan fingerprint density at radius 2 is 2.15 bits per heavy atom. The second kappa shape index (κ2) is 7.00. The maximum absolute atomic E-state index is 11.8. The van der Waals surface area contributed by atoms with E-state index in [0.717, 1.165) is 17.6 Å². The summed E-state index contributed by atoms with van der Waals surface area (Å²) in [7, 11) is -3.36. The van der Waals surface area contributed by atoms with Crippen LogP contribution in [0, 0.1) is 5.92 Å². The van der Waals surface area contributed by atoms with Crippen molar-refractivity contribution in [1.82, 2.24) is 10.3 Å². The van der Waals surface area contributed by atoms with Gasteiger partial charge in [-0.15, -0.1) is 11.3 Å². The van der Waals surface area contributed by atoms with Crippen LogP contribution in [-0.4, -0.2) is 43.3 Å². The summed E-state index contributed by atoms with van der Waals surface area (Å²) >= 11 is 1.12. The number of hydrogen-bond donors (Lipinski definition) is 3. The van der Waals surface area contributed by atoms with Gasteiger partial charge in [0.2, 0.25) is 15.9 Å². The molecule has 0 spiro atoms. The molecule has 1 heterocycles. The van der Waals surface area contributed by atoms with Crippen molar-refractivity contribution in [2.75, 3.05) is 17.6 Å². The standard InChI is InChI=1S/C11H19N3O4S2/c1-7(2)9(5-15)13-10(16)4-8-6-19-11(12-8)14-20(3,17)18/h6-7,9,15H,4-5H2,1-3H3,(H,12,14)(H,13,16)/t9-/m1/s1. The molecule has 3 N–H and O–H groups in total. The van der Waals surface area contributed by atoms with Gasteiger partial charge in [-0.2, -0.15) is 0 Å². The highest BCUT2D eigenvalue weighted by atomic mass is 32.2. The van der Waals surface area contributed by atoms with Crippen molar-refractivity contribution in [3.63, 3.8) is 0 Å². The van der Waals surface area contributed by atoms with Crippen LogP contribution in [0.3, 0.4) is 0 Å². The lowest BCUT2D eigenvalue weighted by Gasteiger charge is -2.19. The minimum atomic E-state index is -3.36. The van der Waals surface area contributed by atoms with Crippen LogP contribution in [0.4, 0.5) is 5.13 Å². The number of carbonyl (C=O) groups is 1. The fourth-order valence-corrected chi connectivity index (χ4v) is 3.00. The van der Waals surface area contributed by atoms with Crippen LogP contribution >= 0.6 is 11.3 Å². The predicted molar refractivity (Wildman–Crippen MR) is 78.1 cm³/mol. The lowest BCUT2D eigenvalue weighted by atomic mass is 10.1. The van der Waals surface area contributed by atoms with Crippen molar-refractivity contribution in [3.05, 3.63) is 11.1 Å². The van der Waals surface area contributed by atoms with Crippen molar-refractivity contribution >= 4 is 32.4 Å². The zero-order valence-electron chi connectivity index (χ0n) is 11.6. The Morgan fingerprint density at radius 3 is 2.65 bits per heavy atom. The quantitative estimate of drug-likeness (QED) is 0.664. The van der Waals surface area contributed by atoms with Crippen molar-refractivity contribution in [1.29, 1.82) is 0 Å². The second-order valence-electron chi connectivity index (χ2n) is 4.80. The first kappa shape index (κ1) is 16.9. The summed E-state index contributed by atoms with van der Waals surface area (Å²) in [5.74, 6) is -0.129. The van der Waals surface area contributed by atoms with Crippen LogP contribution in [0.2, 0.25) is 0 Å². The second-order valence-corrected chi connectivity index (χ2v) is 7.40. The van der Waals surface area contributed by atoms with Gasteiger partial charge < -0.3 is 10.4 Å². The number of nitrogens with zero attached hydrogens (tertiary/aromatic N) is 1. The van der Waals surface area contributed by atoms with Gasteiger partial charge in [0.1, 0.15) is 0 Å². The molecule has 20 heavy (non-hydrogen) atoms. The van der Waals surface area contributed by atoms with E-state index >= 15 is 0 Å². The number of hydrogen-bond acceptors (Lipinski definition) is 6. The molecule has 0 radical (unpaired) electrons. The van der Waals surface area contributed by atoms with Gasteiger partial charge in [-0.3, -0.25) is 9.52 Å². The summed E-state index contributed by atoms with van der Waals surface area (Å²) in [6.45, 7) is 3.68. The van der Waals surface area contributed by atoms with Gasteiger partial charge in [-0.25, -0.2) is 13.4 Å². The number of amides is 1. The molecule has 1 aromatic rings. The Hall–Kier alpha value is -1.19. The van der Waals surface area contributed by atoms with Gasteiger partial charge in [0, 0.05) is 5.38 Å². The minimum absolute atomic E-state index is 0.0468. The first-order valence-electron chi connectivity index (χ1n) is 6.03. The van der Waals surface area contributed by atoms with Crippen LogP contribution in [0.5, 0.6) is 0 Å². The monoisotopic (exact) mass is 321 g/mol. The van der Waals surface area contributed by atoms with Gasteiger partial charge in [-0.05, 0) is 5.92 Å². The lowest BCUT2D eigenvalue weighted by molar-refractivity contribution is -0.121. The molecule has 9 heteroatoms. The molecule has 0 aliphatic carbocycles. The number of sulfonamides is 1. The maximum atomic E-state index is 11.8. The summed E-state index contributed by atoms with van der Waals surface area (Å²) in [6.07, 6.45) is 1.08. The van der Waals surface area contributed by atoms with E-state index in [1.807, 2.05) is 13.8 Å². The van der Waals surface area contributed by atoms with E-state index in [0.29, 0.717) is 5.69 Å². The third kappa shape index (κ3) is 5.85. The van der Waals surface area contributed by atoms with Crippen LogP contribution in [0.15, 0.2) is 5.38 Å². The zero-order chi connectivity index (χ0) is 15.3. The molecule has 0 unspecified atom stereocenters. The molecule has 1 atom stereocenters. The minimum Gasteiger partial charge on any atom is -0.394 e. The summed E-state index contributed by atoms with van der Waals surface area (Å²) in [5, 5.41) is 13.7. The molecule has 0 aliphatic heterocycles. The third-order valence-corrected chi connectivity index (χ3v) is 4.01. The van der Waals surface area contributed by atoms with Gasteiger partial charge in [0.05, 0.1) is 31.0 Å². The van der Waals surface area contributed by atoms with E-state index in [1.165, 1.54) is 0 Å². The highest BCUT2D eigenvalue weighted by molar-refractivity contribution is 7.92. The first-order chi connectivity index (χ1) is 9.21. The Balaban J connectivity index is 2.59. The Morgan fingerprint density at radius 1 is 1.50 bits per heavy atom. The van der Waals surface area contributed by atoms with Gasteiger partial charge in [0.25, 0.3) is 0 Å². The molecule has 0 bridgehead atoms.